The zero-order valence-electron chi connectivity index (χ0n) is 6.53. The van der Waals surface area contributed by atoms with Crippen molar-refractivity contribution in [2.24, 2.45) is 5.73 Å². The van der Waals surface area contributed by atoms with E-state index in [9.17, 15) is 4.79 Å². The van der Waals surface area contributed by atoms with E-state index in [1.807, 2.05) is 16.8 Å². The molecule has 0 spiro atoms. The van der Waals surface area contributed by atoms with Crippen molar-refractivity contribution in [2.75, 3.05) is 5.33 Å². The van der Waals surface area contributed by atoms with E-state index < -0.39 is 5.91 Å². The Labute approximate surface area is 79.3 Å². The fourth-order valence-corrected chi connectivity index (χ4v) is 1.37. The first kappa shape index (κ1) is 9.19. The summed E-state index contributed by atoms with van der Waals surface area (Å²) in [6, 6.07) is 5.38. The Kier molecular flexibility index (Phi) is 3.22. The van der Waals surface area contributed by atoms with Gasteiger partial charge in [-0.25, -0.2) is 0 Å². The number of aryl methyl sites for hydroxylation is 1. The van der Waals surface area contributed by atoms with Crippen LogP contribution in [0.5, 0.6) is 0 Å². The van der Waals surface area contributed by atoms with Gasteiger partial charge < -0.3 is 5.73 Å². The summed E-state index contributed by atoms with van der Waals surface area (Å²) < 4.78 is 1.82. The lowest BCUT2D eigenvalue weighted by Crippen LogP contribution is -2.42. The zero-order chi connectivity index (χ0) is 8.97. The van der Waals surface area contributed by atoms with E-state index in [2.05, 4.69) is 15.9 Å². The van der Waals surface area contributed by atoms with Gasteiger partial charge in [-0.05, 0) is 6.07 Å². The molecule has 4 heteroatoms. The van der Waals surface area contributed by atoms with E-state index in [1.165, 1.54) is 0 Å². The molecule has 1 aromatic rings. The molecule has 3 nitrogen and oxygen atoms in total. The highest BCUT2D eigenvalue weighted by atomic mass is 79.9. The first-order valence-electron chi connectivity index (χ1n) is 3.60. The highest BCUT2D eigenvalue weighted by Gasteiger charge is 2.13. The van der Waals surface area contributed by atoms with Gasteiger partial charge in [0.1, 0.15) is 0 Å². The van der Waals surface area contributed by atoms with Crippen molar-refractivity contribution in [3.8, 4) is 0 Å². The molecule has 0 saturated heterocycles. The summed E-state index contributed by atoms with van der Waals surface area (Å²) in [7, 11) is 0. The van der Waals surface area contributed by atoms with Gasteiger partial charge in [-0.15, -0.1) is 0 Å². The number of carbonyl (C=O) groups excluding carboxylic acids is 1. The number of primary amides is 1. The van der Waals surface area contributed by atoms with Gasteiger partial charge in [0.15, 0.2) is 12.7 Å². The zero-order valence-corrected chi connectivity index (χ0v) is 8.12. The van der Waals surface area contributed by atoms with Crippen molar-refractivity contribution in [3.63, 3.8) is 0 Å². The second-order valence-corrected chi connectivity index (χ2v) is 3.13. The van der Waals surface area contributed by atoms with E-state index in [0.29, 0.717) is 5.69 Å². The molecule has 0 aliphatic carbocycles. The maximum Gasteiger partial charge on any atom is 0.313 e. The van der Waals surface area contributed by atoms with Crippen molar-refractivity contribution in [2.45, 2.75) is 6.54 Å². The van der Waals surface area contributed by atoms with Gasteiger partial charge in [-0.2, -0.15) is 4.57 Å². The van der Waals surface area contributed by atoms with Gasteiger partial charge in [-0.3, -0.25) is 4.79 Å². The van der Waals surface area contributed by atoms with Crippen LogP contribution in [0.1, 0.15) is 10.5 Å². The maximum absolute atomic E-state index is 10.9. The largest absolute Gasteiger partial charge is 0.360 e. The highest BCUT2D eigenvalue weighted by molar-refractivity contribution is 9.09. The van der Waals surface area contributed by atoms with Crippen LogP contribution in [-0.4, -0.2) is 11.2 Å². The molecule has 0 saturated carbocycles. The van der Waals surface area contributed by atoms with Crippen LogP contribution in [0.3, 0.4) is 0 Å². The summed E-state index contributed by atoms with van der Waals surface area (Å²) in [6.07, 6.45) is 1.83. The number of alkyl halides is 1. The molecule has 1 amide bonds. The number of nitrogens with two attached hydrogens (primary N) is 1. The normalized spacial score (nSPS) is 9.75. The molecule has 0 radical (unpaired) electrons. The second-order valence-electron chi connectivity index (χ2n) is 2.33. The quantitative estimate of drug-likeness (QED) is 0.595. The average Bonchev–Trinajstić information content (AvgIpc) is 2.05. The van der Waals surface area contributed by atoms with Gasteiger partial charge in [0.2, 0.25) is 0 Å². The van der Waals surface area contributed by atoms with Crippen LogP contribution >= 0.6 is 15.9 Å². The smallest absolute Gasteiger partial charge is 0.313 e. The summed E-state index contributed by atoms with van der Waals surface area (Å²) in [5, 5.41) is 0.807. The maximum atomic E-state index is 10.9. The number of hydrogen-bond donors (Lipinski definition) is 1. The number of halogens is 1. The number of aromatic nitrogens is 1. The number of amides is 1. The Morgan fingerprint density at radius 3 is 2.92 bits per heavy atom. The minimum atomic E-state index is -0.392. The molecule has 0 aliphatic rings. The van der Waals surface area contributed by atoms with Gasteiger partial charge in [0.05, 0.1) is 5.33 Å². The monoisotopic (exact) mass is 229 g/mol. The predicted octanol–water partition coefficient (Wildman–Crippen LogP) is 0.468. The Morgan fingerprint density at radius 1 is 1.58 bits per heavy atom. The van der Waals surface area contributed by atoms with Crippen LogP contribution in [0.15, 0.2) is 24.4 Å². The summed E-state index contributed by atoms with van der Waals surface area (Å²) in [5.41, 5.74) is 5.71. The van der Waals surface area contributed by atoms with Crippen molar-refractivity contribution in [3.05, 3.63) is 30.1 Å². The molecule has 0 aliphatic heterocycles. The molecular weight excluding hydrogens is 220 g/mol. The molecule has 0 aromatic carbocycles. The number of pyridine rings is 1. The van der Waals surface area contributed by atoms with Crippen LogP contribution in [0.4, 0.5) is 0 Å². The van der Waals surface area contributed by atoms with Crippen LogP contribution in [0.2, 0.25) is 0 Å². The average molecular weight is 230 g/mol. The fraction of sp³-hybridized carbons (Fsp3) is 0.250. The molecular formula is C8H10BrN2O+. The third-order valence-electron chi connectivity index (χ3n) is 1.52. The van der Waals surface area contributed by atoms with Crippen LogP contribution < -0.4 is 10.3 Å². The number of nitrogens with zero attached hydrogens (tertiary/aromatic N) is 1. The van der Waals surface area contributed by atoms with Gasteiger partial charge in [0, 0.05) is 12.1 Å². The molecule has 2 N–H and O–H groups in total. The Balaban J connectivity index is 3.00. The SMILES string of the molecule is NC(=O)c1cccc[n+]1CCBr. The van der Waals surface area contributed by atoms with Crippen LogP contribution in [0.25, 0.3) is 0 Å². The molecule has 1 heterocycles. The van der Waals surface area contributed by atoms with Gasteiger partial charge >= 0.3 is 5.91 Å². The summed E-state index contributed by atoms with van der Waals surface area (Å²) in [5.74, 6) is -0.392. The molecule has 0 bridgehead atoms. The Hall–Kier alpha value is -0.900. The number of rotatable bonds is 3. The Bertz CT molecular complexity index is 288. The van der Waals surface area contributed by atoms with E-state index in [0.717, 1.165) is 11.9 Å². The first-order chi connectivity index (χ1) is 5.75. The van der Waals surface area contributed by atoms with E-state index in [-0.39, 0.29) is 0 Å². The number of hydrogen-bond acceptors (Lipinski definition) is 1. The van der Waals surface area contributed by atoms with E-state index >= 15 is 0 Å². The molecule has 12 heavy (non-hydrogen) atoms. The third kappa shape index (κ3) is 2.04. The lowest BCUT2D eigenvalue weighted by Gasteiger charge is -1.96. The van der Waals surface area contributed by atoms with Crippen molar-refractivity contribution < 1.29 is 9.36 Å². The molecule has 64 valence electrons. The van der Waals surface area contributed by atoms with Crippen molar-refractivity contribution in [1.82, 2.24) is 0 Å². The van der Waals surface area contributed by atoms with Gasteiger partial charge in [-0.1, -0.05) is 15.9 Å². The highest BCUT2D eigenvalue weighted by Crippen LogP contribution is 1.90. The third-order valence-corrected chi connectivity index (χ3v) is 1.87. The molecule has 0 fully saturated rings. The minimum absolute atomic E-state index is 0.392. The molecule has 0 unspecified atom stereocenters. The topological polar surface area (TPSA) is 47.0 Å². The molecule has 1 aromatic heterocycles. The lowest BCUT2D eigenvalue weighted by atomic mass is 10.3. The Morgan fingerprint density at radius 2 is 2.33 bits per heavy atom. The van der Waals surface area contributed by atoms with Crippen LogP contribution in [0, 0.1) is 0 Å². The predicted molar refractivity (Wildman–Crippen MR) is 48.9 cm³/mol. The van der Waals surface area contributed by atoms with E-state index in [1.54, 1.807) is 12.1 Å². The summed E-state index contributed by atoms with van der Waals surface area (Å²) >= 11 is 3.30. The molecule has 0 atom stereocenters. The van der Waals surface area contributed by atoms with Gasteiger partial charge in [0.25, 0.3) is 5.69 Å². The summed E-state index contributed by atoms with van der Waals surface area (Å²) in [6.45, 7) is 0.749. The number of carbonyl (C=O) groups is 1. The molecule has 1 rings (SSSR count). The summed E-state index contributed by atoms with van der Waals surface area (Å²) in [4.78, 5) is 10.9. The minimum Gasteiger partial charge on any atom is -0.360 e. The standard InChI is InChI=1S/C8H9BrN2O/c9-4-6-11-5-2-1-3-7(11)8(10)12/h1-3,5H,4,6H2,(H-,10,12)/p+1. The van der Waals surface area contributed by atoms with E-state index in [4.69, 9.17) is 5.73 Å². The van der Waals surface area contributed by atoms with Crippen molar-refractivity contribution in [1.29, 1.82) is 0 Å². The second kappa shape index (κ2) is 4.21. The first-order valence-corrected chi connectivity index (χ1v) is 4.72. The van der Waals surface area contributed by atoms with Crippen LogP contribution in [-0.2, 0) is 6.54 Å². The fourth-order valence-electron chi connectivity index (χ4n) is 0.986. The lowest BCUT2D eigenvalue weighted by molar-refractivity contribution is -0.694. The van der Waals surface area contributed by atoms with Crippen molar-refractivity contribution >= 4 is 21.8 Å².